The fraction of sp³-hybridized carbons (Fsp3) is 0.667. The largest absolute Gasteiger partial charge is 0.324 e. The van der Waals surface area contributed by atoms with Crippen molar-refractivity contribution in [3.8, 4) is 0 Å². The Morgan fingerprint density at radius 3 is 2.42 bits per heavy atom. The lowest BCUT2D eigenvalue weighted by Crippen LogP contribution is -1.99. The van der Waals surface area contributed by atoms with Crippen LogP contribution in [-0.2, 0) is 13.1 Å². The number of nitrogens with zero attached hydrogens (tertiary/aromatic N) is 2. The summed E-state index contributed by atoms with van der Waals surface area (Å²) in [6.45, 7) is 6.33. The lowest BCUT2D eigenvalue weighted by atomic mass is 10.3. The molecule has 0 fully saturated rings. The van der Waals surface area contributed by atoms with Crippen LogP contribution in [-0.4, -0.2) is 9.13 Å². The first kappa shape index (κ1) is 9.52. The van der Waals surface area contributed by atoms with E-state index in [0.717, 1.165) is 17.9 Å². The Labute approximate surface area is 78.8 Å². The van der Waals surface area contributed by atoms with Gasteiger partial charge in [-0.25, -0.2) is 0 Å². The molecular formula is C9H16N2S. The lowest BCUT2D eigenvalue weighted by Gasteiger charge is -2.00. The summed E-state index contributed by atoms with van der Waals surface area (Å²) in [7, 11) is 0. The van der Waals surface area contributed by atoms with Crippen molar-refractivity contribution in [3.05, 3.63) is 17.2 Å². The van der Waals surface area contributed by atoms with Gasteiger partial charge in [0.15, 0.2) is 4.77 Å². The molecule has 0 N–H and O–H groups in total. The fourth-order valence-corrected chi connectivity index (χ4v) is 1.53. The van der Waals surface area contributed by atoms with Gasteiger partial charge < -0.3 is 9.13 Å². The SMILES string of the molecule is CCCCn1ccn(CC)c1=S. The molecule has 1 aromatic heterocycles. The molecule has 1 heterocycles. The van der Waals surface area contributed by atoms with Crippen molar-refractivity contribution in [2.24, 2.45) is 0 Å². The van der Waals surface area contributed by atoms with Crippen molar-refractivity contribution < 1.29 is 0 Å². The molecule has 0 bridgehead atoms. The van der Waals surface area contributed by atoms with Gasteiger partial charge in [0.2, 0.25) is 0 Å². The van der Waals surface area contributed by atoms with Gasteiger partial charge in [0.05, 0.1) is 0 Å². The standard InChI is InChI=1S/C9H16N2S/c1-3-5-6-11-8-7-10(4-2)9(11)12/h7-8H,3-6H2,1-2H3. The van der Waals surface area contributed by atoms with E-state index in [9.17, 15) is 0 Å². The monoisotopic (exact) mass is 184 g/mol. The molecule has 0 aliphatic carbocycles. The summed E-state index contributed by atoms with van der Waals surface area (Å²) < 4.78 is 5.18. The third kappa shape index (κ3) is 1.97. The maximum Gasteiger partial charge on any atom is 0.179 e. The number of hydrogen-bond acceptors (Lipinski definition) is 1. The molecule has 1 aromatic rings. The molecule has 12 heavy (non-hydrogen) atoms. The average molecular weight is 184 g/mol. The number of hydrogen-bond donors (Lipinski definition) is 0. The average Bonchev–Trinajstić information content (AvgIpc) is 2.43. The van der Waals surface area contributed by atoms with Crippen LogP contribution in [0.25, 0.3) is 0 Å². The molecule has 0 amide bonds. The van der Waals surface area contributed by atoms with E-state index in [0.29, 0.717) is 0 Å². The predicted octanol–water partition coefficient (Wildman–Crippen LogP) is 2.84. The van der Waals surface area contributed by atoms with Crippen molar-refractivity contribution >= 4 is 12.2 Å². The van der Waals surface area contributed by atoms with E-state index in [1.54, 1.807) is 0 Å². The highest BCUT2D eigenvalue weighted by atomic mass is 32.1. The molecule has 0 atom stereocenters. The second kappa shape index (κ2) is 4.45. The van der Waals surface area contributed by atoms with Crippen LogP contribution < -0.4 is 0 Å². The van der Waals surface area contributed by atoms with E-state index in [2.05, 4.69) is 35.4 Å². The van der Waals surface area contributed by atoms with Crippen molar-refractivity contribution in [2.45, 2.75) is 39.8 Å². The Bertz CT molecular complexity index is 285. The number of imidazole rings is 1. The molecular weight excluding hydrogens is 168 g/mol. The normalized spacial score (nSPS) is 10.5. The topological polar surface area (TPSA) is 9.86 Å². The molecule has 3 heteroatoms. The van der Waals surface area contributed by atoms with Crippen molar-refractivity contribution in [3.63, 3.8) is 0 Å². The zero-order valence-electron chi connectivity index (χ0n) is 7.79. The summed E-state index contributed by atoms with van der Waals surface area (Å²) in [5.74, 6) is 0. The second-order valence-corrected chi connectivity index (χ2v) is 3.28. The minimum absolute atomic E-state index is 0.950. The summed E-state index contributed by atoms with van der Waals surface area (Å²) in [4.78, 5) is 0. The third-order valence-corrected chi connectivity index (χ3v) is 2.48. The van der Waals surface area contributed by atoms with Gasteiger partial charge >= 0.3 is 0 Å². The summed E-state index contributed by atoms with van der Waals surface area (Å²) >= 11 is 5.26. The third-order valence-electron chi connectivity index (χ3n) is 2.01. The minimum atomic E-state index is 0.950. The molecule has 0 saturated carbocycles. The zero-order valence-corrected chi connectivity index (χ0v) is 8.60. The molecule has 0 aromatic carbocycles. The van der Waals surface area contributed by atoms with E-state index in [-0.39, 0.29) is 0 Å². The van der Waals surface area contributed by atoms with Crippen molar-refractivity contribution in [1.29, 1.82) is 0 Å². The van der Waals surface area contributed by atoms with Crippen LogP contribution in [0.1, 0.15) is 26.7 Å². The quantitative estimate of drug-likeness (QED) is 0.654. The predicted molar refractivity (Wildman–Crippen MR) is 53.8 cm³/mol. The number of unbranched alkanes of at least 4 members (excludes halogenated alkanes) is 1. The minimum Gasteiger partial charge on any atom is -0.324 e. The maximum absolute atomic E-state index is 5.26. The van der Waals surface area contributed by atoms with Gasteiger partial charge in [0.25, 0.3) is 0 Å². The number of rotatable bonds is 4. The van der Waals surface area contributed by atoms with E-state index in [1.165, 1.54) is 12.8 Å². The highest BCUT2D eigenvalue weighted by Gasteiger charge is 1.95. The van der Waals surface area contributed by atoms with E-state index in [1.807, 2.05) is 0 Å². The van der Waals surface area contributed by atoms with Crippen molar-refractivity contribution in [1.82, 2.24) is 9.13 Å². The first-order chi connectivity index (χ1) is 5.79. The van der Waals surface area contributed by atoms with Gasteiger partial charge in [-0.2, -0.15) is 0 Å². The van der Waals surface area contributed by atoms with E-state index < -0.39 is 0 Å². The highest BCUT2D eigenvalue weighted by molar-refractivity contribution is 7.71. The van der Waals surface area contributed by atoms with Crippen LogP contribution in [0, 0.1) is 4.77 Å². The van der Waals surface area contributed by atoms with Crippen LogP contribution in [0.3, 0.4) is 0 Å². The molecule has 0 spiro atoms. The Kier molecular flexibility index (Phi) is 3.53. The molecule has 68 valence electrons. The van der Waals surface area contributed by atoms with E-state index in [4.69, 9.17) is 12.2 Å². The van der Waals surface area contributed by atoms with Crippen molar-refractivity contribution in [2.75, 3.05) is 0 Å². The Morgan fingerprint density at radius 1 is 1.25 bits per heavy atom. The second-order valence-electron chi connectivity index (χ2n) is 2.91. The first-order valence-electron chi connectivity index (χ1n) is 4.55. The summed E-state index contributed by atoms with van der Waals surface area (Å²) in [6, 6.07) is 0. The van der Waals surface area contributed by atoms with Gasteiger partial charge in [-0.15, -0.1) is 0 Å². The molecule has 0 radical (unpaired) electrons. The Balaban J connectivity index is 2.73. The smallest absolute Gasteiger partial charge is 0.179 e. The van der Waals surface area contributed by atoms with Gasteiger partial charge in [-0.1, -0.05) is 13.3 Å². The number of aromatic nitrogens is 2. The molecule has 2 nitrogen and oxygen atoms in total. The van der Waals surface area contributed by atoms with Crippen LogP contribution in [0.15, 0.2) is 12.4 Å². The Morgan fingerprint density at radius 2 is 1.92 bits per heavy atom. The molecule has 1 rings (SSSR count). The zero-order chi connectivity index (χ0) is 8.97. The van der Waals surface area contributed by atoms with Crippen LogP contribution in [0.2, 0.25) is 0 Å². The van der Waals surface area contributed by atoms with Gasteiger partial charge in [-0.05, 0) is 25.6 Å². The molecule has 0 unspecified atom stereocenters. The maximum atomic E-state index is 5.26. The number of aryl methyl sites for hydroxylation is 2. The molecule has 0 aliphatic heterocycles. The molecule has 0 aliphatic rings. The fourth-order valence-electron chi connectivity index (χ4n) is 1.19. The van der Waals surface area contributed by atoms with E-state index >= 15 is 0 Å². The lowest BCUT2D eigenvalue weighted by molar-refractivity contribution is 0.606. The molecule has 0 saturated heterocycles. The van der Waals surface area contributed by atoms with Crippen LogP contribution in [0.5, 0.6) is 0 Å². The highest BCUT2D eigenvalue weighted by Crippen LogP contribution is 2.00. The van der Waals surface area contributed by atoms with Crippen LogP contribution >= 0.6 is 12.2 Å². The first-order valence-corrected chi connectivity index (χ1v) is 4.96. The summed E-state index contributed by atoms with van der Waals surface area (Å²) in [5, 5.41) is 0. The summed E-state index contributed by atoms with van der Waals surface area (Å²) in [5.41, 5.74) is 0. The summed E-state index contributed by atoms with van der Waals surface area (Å²) in [6.07, 6.45) is 6.56. The van der Waals surface area contributed by atoms with Gasteiger partial charge in [0, 0.05) is 25.5 Å². The van der Waals surface area contributed by atoms with Crippen LogP contribution in [0.4, 0.5) is 0 Å². The van der Waals surface area contributed by atoms with Gasteiger partial charge in [0.1, 0.15) is 0 Å². The van der Waals surface area contributed by atoms with Gasteiger partial charge in [-0.3, -0.25) is 0 Å². The Hall–Kier alpha value is -0.570.